The average Bonchev–Trinajstić information content (AvgIpc) is 3.21. The number of ether oxygens (including phenoxy) is 3. The standard InChI is InChI=1S/C29H32N2O5S/c1-5-7-8-17-36-23-13-9-20(10-14-23)18-24-27(32)31-26(21-11-15-22(34-4)16-12-21)25(28(33)35-6-2)19(3)30-29(31)37-24/h9-16,18,26H,5-8,17H2,1-4H3/b24-18+/t26-/m1/s1. The lowest BCUT2D eigenvalue weighted by molar-refractivity contribution is -0.139. The molecule has 0 spiro atoms. The summed E-state index contributed by atoms with van der Waals surface area (Å²) in [4.78, 5) is 31.8. The van der Waals surface area contributed by atoms with E-state index in [1.807, 2.05) is 54.6 Å². The van der Waals surface area contributed by atoms with Crippen LogP contribution >= 0.6 is 11.3 Å². The van der Waals surface area contributed by atoms with Gasteiger partial charge in [-0.05, 0) is 61.7 Å². The van der Waals surface area contributed by atoms with E-state index in [-0.39, 0.29) is 12.2 Å². The van der Waals surface area contributed by atoms with E-state index >= 15 is 0 Å². The highest BCUT2D eigenvalue weighted by Gasteiger charge is 2.33. The smallest absolute Gasteiger partial charge is 0.338 e. The first-order chi connectivity index (χ1) is 18.0. The molecule has 0 fully saturated rings. The van der Waals surface area contributed by atoms with Crippen LogP contribution in [0, 0.1) is 0 Å². The Morgan fingerprint density at radius 3 is 2.41 bits per heavy atom. The third-order valence-corrected chi connectivity index (χ3v) is 7.13. The minimum Gasteiger partial charge on any atom is -0.497 e. The molecule has 4 rings (SSSR count). The van der Waals surface area contributed by atoms with Crippen LogP contribution in [0.2, 0.25) is 0 Å². The van der Waals surface area contributed by atoms with Gasteiger partial charge in [0.2, 0.25) is 0 Å². The largest absolute Gasteiger partial charge is 0.497 e. The Hall–Kier alpha value is -3.65. The van der Waals surface area contributed by atoms with Crippen LogP contribution in [0.5, 0.6) is 11.5 Å². The van der Waals surface area contributed by atoms with Gasteiger partial charge in [-0.1, -0.05) is 55.4 Å². The van der Waals surface area contributed by atoms with Crippen molar-refractivity contribution in [1.82, 2.24) is 4.57 Å². The monoisotopic (exact) mass is 520 g/mol. The molecule has 0 saturated carbocycles. The van der Waals surface area contributed by atoms with Gasteiger partial charge in [-0.15, -0.1) is 0 Å². The molecule has 0 radical (unpaired) electrons. The van der Waals surface area contributed by atoms with Crippen molar-refractivity contribution in [3.05, 3.63) is 90.6 Å². The molecule has 0 aliphatic carbocycles. The van der Waals surface area contributed by atoms with E-state index in [2.05, 4.69) is 11.9 Å². The van der Waals surface area contributed by atoms with Gasteiger partial charge in [0, 0.05) is 0 Å². The lowest BCUT2D eigenvalue weighted by atomic mass is 9.96. The number of esters is 1. The molecule has 3 aromatic rings. The molecular formula is C29H32N2O5S. The molecule has 2 heterocycles. The van der Waals surface area contributed by atoms with Crippen LogP contribution in [0.15, 0.2) is 69.6 Å². The summed E-state index contributed by atoms with van der Waals surface area (Å²) in [5.74, 6) is 1.02. The highest BCUT2D eigenvalue weighted by atomic mass is 32.1. The lowest BCUT2D eigenvalue weighted by Crippen LogP contribution is -2.39. The van der Waals surface area contributed by atoms with Crippen LogP contribution in [0.25, 0.3) is 6.08 Å². The number of allylic oxidation sites excluding steroid dienone is 1. The van der Waals surface area contributed by atoms with Gasteiger partial charge >= 0.3 is 5.97 Å². The van der Waals surface area contributed by atoms with Crippen molar-refractivity contribution in [2.75, 3.05) is 20.3 Å². The quantitative estimate of drug-likeness (QED) is 0.293. The fraction of sp³-hybridized carbons (Fsp3) is 0.345. The average molecular weight is 521 g/mol. The molecule has 194 valence electrons. The Morgan fingerprint density at radius 2 is 1.76 bits per heavy atom. The number of fused-ring (bicyclic) bond motifs is 1. The summed E-state index contributed by atoms with van der Waals surface area (Å²) < 4.78 is 18.6. The Kier molecular flexibility index (Phi) is 8.61. The van der Waals surface area contributed by atoms with Crippen molar-refractivity contribution in [3.8, 4) is 11.5 Å². The van der Waals surface area contributed by atoms with E-state index in [1.165, 1.54) is 11.3 Å². The number of hydrogen-bond acceptors (Lipinski definition) is 7. The fourth-order valence-electron chi connectivity index (χ4n) is 4.25. The normalized spacial score (nSPS) is 15.2. The number of methoxy groups -OCH3 is 1. The molecule has 1 atom stereocenters. The Bertz CT molecular complexity index is 1450. The third kappa shape index (κ3) is 5.85. The molecule has 1 aliphatic rings. The van der Waals surface area contributed by atoms with E-state index in [1.54, 1.807) is 25.5 Å². The SMILES string of the molecule is CCCCCOc1ccc(/C=c2/sc3n(c2=O)[C@H](c2ccc(OC)cc2)C(C(=O)OCC)=C(C)N=3)cc1. The summed E-state index contributed by atoms with van der Waals surface area (Å²) >= 11 is 1.30. The number of aromatic nitrogens is 1. The van der Waals surface area contributed by atoms with Crippen LogP contribution in [0.1, 0.15) is 57.2 Å². The van der Waals surface area contributed by atoms with E-state index in [0.717, 1.165) is 36.1 Å². The number of thiazole rings is 1. The first-order valence-electron chi connectivity index (χ1n) is 12.5. The molecule has 0 saturated heterocycles. The second-order valence-electron chi connectivity index (χ2n) is 8.70. The lowest BCUT2D eigenvalue weighted by Gasteiger charge is -2.24. The first kappa shape index (κ1) is 26.4. The molecule has 0 amide bonds. The number of nitrogens with zero attached hydrogens (tertiary/aromatic N) is 2. The second-order valence-corrected chi connectivity index (χ2v) is 9.71. The summed E-state index contributed by atoms with van der Waals surface area (Å²) in [6.45, 7) is 6.62. The topological polar surface area (TPSA) is 79.1 Å². The number of rotatable bonds is 10. The Balaban J connectivity index is 1.74. The van der Waals surface area contributed by atoms with Crippen LogP contribution < -0.4 is 24.4 Å². The van der Waals surface area contributed by atoms with E-state index in [0.29, 0.717) is 33.0 Å². The highest BCUT2D eigenvalue weighted by molar-refractivity contribution is 7.07. The van der Waals surface area contributed by atoms with Gasteiger partial charge in [0.25, 0.3) is 5.56 Å². The van der Waals surface area contributed by atoms with Crippen molar-refractivity contribution >= 4 is 23.4 Å². The van der Waals surface area contributed by atoms with Crippen molar-refractivity contribution < 1.29 is 19.0 Å². The van der Waals surface area contributed by atoms with Gasteiger partial charge < -0.3 is 14.2 Å². The minimum atomic E-state index is -0.651. The maximum atomic E-state index is 13.7. The molecule has 1 aliphatic heterocycles. The maximum absolute atomic E-state index is 13.7. The molecule has 1 aromatic heterocycles. The van der Waals surface area contributed by atoms with Crippen molar-refractivity contribution in [2.24, 2.45) is 4.99 Å². The number of carbonyl (C=O) groups is 1. The minimum absolute atomic E-state index is 0.209. The van der Waals surface area contributed by atoms with Crippen LogP contribution in [0.3, 0.4) is 0 Å². The zero-order valence-corrected chi connectivity index (χ0v) is 22.5. The zero-order chi connectivity index (χ0) is 26.4. The van der Waals surface area contributed by atoms with Gasteiger partial charge in [-0.3, -0.25) is 9.36 Å². The first-order valence-corrected chi connectivity index (χ1v) is 13.3. The van der Waals surface area contributed by atoms with Crippen LogP contribution in [-0.2, 0) is 9.53 Å². The summed E-state index contributed by atoms with van der Waals surface area (Å²) in [5, 5.41) is 0. The van der Waals surface area contributed by atoms with Crippen LogP contribution in [-0.4, -0.2) is 30.9 Å². The predicted octanol–water partition coefficient (Wildman–Crippen LogP) is 4.38. The Labute approximate surface area is 220 Å². The van der Waals surface area contributed by atoms with Crippen molar-refractivity contribution in [3.63, 3.8) is 0 Å². The number of benzene rings is 2. The molecule has 8 heteroatoms. The maximum Gasteiger partial charge on any atom is 0.338 e. The highest BCUT2D eigenvalue weighted by Crippen LogP contribution is 2.31. The number of unbranched alkanes of at least 4 members (excludes halogenated alkanes) is 2. The fourth-order valence-corrected chi connectivity index (χ4v) is 5.29. The molecule has 7 nitrogen and oxygen atoms in total. The second kappa shape index (κ2) is 12.1. The molecule has 37 heavy (non-hydrogen) atoms. The summed E-state index contributed by atoms with van der Waals surface area (Å²) in [6, 6.07) is 14.4. The van der Waals surface area contributed by atoms with E-state index in [4.69, 9.17) is 14.2 Å². The number of hydrogen-bond donors (Lipinski definition) is 0. The van der Waals surface area contributed by atoms with Gasteiger partial charge in [-0.25, -0.2) is 9.79 Å². The Morgan fingerprint density at radius 1 is 1.05 bits per heavy atom. The summed E-state index contributed by atoms with van der Waals surface area (Å²) in [7, 11) is 1.59. The van der Waals surface area contributed by atoms with Gasteiger partial charge in [0.05, 0.1) is 42.2 Å². The molecule has 0 unspecified atom stereocenters. The number of carbonyl (C=O) groups excluding carboxylic acids is 1. The summed E-state index contributed by atoms with van der Waals surface area (Å²) in [6.07, 6.45) is 5.17. The van der Waals surface area contributed by atoms with Crippen LogP contribution in [0.4, 0.5) is 0 Å². The van der Waals surface area contributed by atoms with E-state index < -0.39 is 12.0 Å². The van der Waals surface area contributed by atoms with Gasteiger partial charge in [-0.2, -0.15) is 0 Å². The summed E-state index contributed by atoms with van der Waals surface area (Å²) in [5.41, 5.74) is 2.34. The van der Waals surface area contributed by atoms with Gasteiger partial charge in [0.1, 0.15) is 11.5 Å². The molecular weight excluding hydrogens is 488 g/mol. The molecule has 2 aromatic carbocycles. The molecule has 0 bridgehead atoms. The van der Waals surface area contributed by atoms with Gasteiger partial charge in [0.15, 0.2) is 4.80 Å². The van der Waals surface area contributed by atoms with Crippen molar-refractivity contribution in [2.45, 2.75) is 46.1 Å². The molecule has 0 N–H and O–H groups in total. The third-order valence-electron chi connectivity index (χ3n) is 6.14. The zero-order valence-electron chi connectivity index (χ0n) is 21.7. The predicted molar refractivity (Wildman–Crippen MR) is 145 cm³/mol. The van der Waals surface area contributed by atoms with Crippen molar-refractivity contribution in [1.29, 1.82) is 0 Å². The van der Waals surface area contributed by atoms with E-state index in [9.17, 15) is 9.59 Å².